The van der Waals surface area contributed by atoms with Crippen molar-refractivity contribution in [2.45, 2.75) is 20.0 Å². The van der Waals surface area contributed by atoms with Crippen LogP contribution in [0.5, 0.6) is 0 Å². The summed E-state index contributed by atoms with van der Waals surface area (Å²) in [5.74, 6) is 0. The van der Waals surface area contributed by atoms with Crippen molar-refractivity contribution in [2.75, 3.05) is 0 Å². The molecule has 0 aliphatic rings. The predicted octanol–water partition coefficient (Wildman–Crippen LogP) is -0.0909. The van der Waals surface area contributed by atoms with E-state index in [0.717, 1.165) is 0 Å². The van der Waals surface area contributed by atoms with Gasteiger partial charge in [0.25, 0.3) is 0 Å². The first-order valence-electron chi connectivity index (χ1n) is 1.39. The van der Waals surface area contributed by atoms with Gasteiger partial charge in [0.05, 0.1) is 6.10 Å². The van der Waals surface area contributed by atoms with Gasteiger partial charge in [0, 0.05) is 0 Å². The van der Waals surface area contributed by atoms with Crippen molar-refractivity contribution in [3.05, 3.63) is 0 Å². The first-order chi connectivity index (χ1) is 1.73. The molecule has 0 N–H and O–H groups in total. The minimum absolute atomic E-state index is 0. The topological polar surface area (TPSA) is 19.9 Å². The molecule has 29 valence electrons. The molecule has 0 bridgehead atoms. The Morgan fingerprint density at radius 3 is 1.40 bits per heavy atom. The third kappa shape index (κ3) is 29.4. The summed E-state index contributed by atoms with van der Waals surface area (Å²) < 4.78 is 0. The van der Waals surface area contributed by atoms with Crippen LogP contribution in [0.2, 0.25) is 0 Å². The molecule has 5 heavy (non-hydrogen) atoms. The van der Waals surface area contributed by atoms with Crippen molar-refractivity contribution < 1.29 is 5.11 Å². The van der Waals surface area contributed by atoms with Gasteiger partial charge in [-0.1, -0.05) is 0 Å². The van der Waals surface area contributed by atoms with E-state index in [2.05, 4.69) is 0 Å². The van der Waals surface area contributed by atoms with Crippen LogP contribution in [0.25, 0.3) is 0 Å². The Bertz CT molecular complexity index is 11.6. The summed E-state index contributed by atoms with van der Waals surface area (Å²) in [6, 6.07) is 0. The SMILES string of the molecule is CC(C)[O].[BaH2]. The van der Waals surface area contributed by atoms with Crippen LogP contribution in [-0.2, 0) is 5.11 Å². The first-order valence-corrected chi connectivity index (χ1v) is 1.39. The summed E-state index contributed by atoms with van der Waals surface area (Å²) in [5.41, 5.74) is 0. The summed E-state index contributed by atoms with van der Waals surface area (Å²) in [4.78, 5) is 0. The second-order valence-electron chi connectivity index (χ2n) is 1.05. The monoisotopic (exact) mass is 199 g/mol. The van der Waals surface area contributed by atoms with Gasteiger partial charge in [-0.25, -0.2) is 5.11 Å². The van der Waals surface area contributed by atoms with Crippen LogP contribution in [0.3, 0.4) is 0 Å². The number of hydrogen-bond acceptors (Lipinski definition) is 0. The van der Waals surface area contributed by atoms with Gasteiger partial charge in [-0.2, -0.15) is 0 Å². The standard InChI is InChI=1S/C3H7O.Ba.2H/c1-3(2)4;;;/h3H,1-2H3;;;. The number of rotatable bonds is 0. The average molecular weight is 198 g/mol. The minimum atomic E-state index is -0.417. The van der Waals surface area contributed by atoms with Crippen LogP contribution in [-0.4, -0.2) is 55.0 Å². The quantitative estimate of drug-likeness (QED) is 0.485. The van der Waals surface area contributed by atoms with E-state index in [1.54, 1.807) is 13.8 Å². The van der Waals surface area contributed by atoms with E-state index in [4.69, 9.17) is 0 Å². The molecule has 0 amide bonds. The molecule has 0 aromatic carbocycles. The van der Waals surface area contributed by atoms with Crippen molar-refractivity contribution in [3.8, 4) is 0 Å². The van der Waals surface area contributed by atoms with E-state index < -0.39 is 6.10 Å². The van der Waals surface area contributed by atoms with Crippen LogP contribution in [0, 0.1) is 0 Å². The zero-order valence-corrected chi connectivity index (χ0v) is 2.99. The van der Waals surface area contributed by atoms with Crippen molar-refractivity contribution in [1.29, 1.82) is 0 Å². The Kier molecular flexibility index (Phi) is 10.8. The molecule has 0 fully saturated rings. The van der Waals surface area contributed by atoms with Gasteiger partial charge in [-0.05, 0) is 13.8 Å². The predicted molar refractivity (Wildman–Crippen MR) is 24.4 cm³/mol. The second-order valence-corrected chi connectivity index (χ2v) is 1.05. The van der Waals surface area contributed by atoms with E-state index in [1.807, 2.05) is 0 Å². The molecule has 0 aliphatic carbocycles. The molecule has 0 heterocycles. The fourth-order valence-corrected chi connectivity index (χ4v) is 0. The van der Waals surface area contributed by atoms with Gasteiger partial charge >= 0.3 is 48.9 Å². The molecule has 1 radical (unpaired) electrons. The van der Waals surface area contributed by atoms with E-state index >= 15 is 0 Å². The molecule has 0 saturated carbocycles. The maximum atomic E-state index is 9.53. The van der Waals surface area contributed by atoms with Crippen LogP contribution < -0.4 is 0 Å². The fraction of sp³-hybridized carbons (Fsp3) is 1.00. The van der Waals surface area contributed by atoms with Gasteiger partial charge in [0.1, 0.15) is 0 Å². The molecule has 0 aromatic rings. The summed E-state index contributed by atoms with van der Waals surface area (Å²) in [6.45, 7) is 3.22. The molecular formula is C3H9BaO. The summed E-state index contributed by atoms with van der Waals surface area (Å²) in [6.07, 6.45) is -0.417. The normalized spacial score (nSPS) is 7.20. The van der Waals surface area contributed by atoms with Crippen molar-refractivity contribution in [1.82, 2.24) is 0 Å². The van der Waals surface area contributed by atoms with Gasteiger partial charge in [0.15, 0.2) is 0 Å². The van der Waals surface area contributed by atoms with E-state index in [1.165, 1.54) is 0 Å². The zero-order chi connectivity index (χ0) is 3.58. The van der Waals surface area contributed by atoms with E-state index in [0.29, 0.717) is 0 Å². The van der Waals surface area contributed by atoms with Crippen LogP contribution in [0.15, 0.2) is 0 Å². The van der Waals surface area contributed by atoms with Gasteiger partial charge in [-0.3, -0.25) is 0 Å². The third-order valence-corrected chi connectivity index (χ3v) is 0. The summed E-state index contributed by atoms with van der Waals surface area (Å²) >= 11 is 0. The van der Waals surface area contributed by atoms with Gasteiger partial charge in [0.2, 0.25) is 0 Å². The van der Waals surface area contributed by atoms with Crippen molar-refractivity contribution in [3.63, 3.8) is 0 Å². The maximum absolute atomic E-state index is 9.53. The van der Waals surface area contributed by atoms with E-state index in [9.17, 15) is 5.11 Å². The van der Waals surface area contributed by atoms with Crippen LogP contribution >= 0.6 is 0 Å². The fourth-order valence-electron chi connectivity index (χ4n) is 0. The van der Waals surface area contributed by atoms with Crippen molar-refractivity contribution in [2.24, 2.45) is 0 Å². The zero-order valence-electron chi connectivity index (χ0n) is 2.99. The Morgan fingerprint density at radius 1 is 1.40 bits per heavy atom. The van der Waals surface area contributed by atoms with Gasteiger partial charge < -0.3 is 0 Å². The second kappa shape index (κ2) is 5.53. The Morgan fingerprint density at radius 2 is 1.40 bits per heavy atom. The average Bonchev–Trinajstić information content (AvgIpc) is 0.811. The molecule has 2 heteroatoms. The summed E-state index contributed by atoms with van der Waals surface area (Å²) in [5, 5.41) is 9.53. The third-order valence-electron chi connectivity index (χ3n) is 0. The molecule has 0 saturated heterocycles. The molecule has 0 rings (SSSR count). The molecule has 0 unspecified atom stereocenters. The molecule has 0 atom stereocenters. The Hall–Kier alpha value is 1.53. The molecule has 1 nitrogen and oxygen atoms in total. The van der Waals surface area contributed by atoms with Gasteiger partial charge in [-0.15, -0.1) is 0 Å². The number of hydrogen-bond donors (Lipinski definition) is 0. The molecule has 0 spiro atoms. The van der Waals surface area contributed by atoms with Crippen molar-refractivity contribution >= 4 is 48.9 Å². The first kappa shape index (κ1) is 9.73. The molecule has 0 aromatic heterocycles. The molecular weight excluding hydrogens is 189 g/mol. The Balaban J connectivity index is 0. The van der Waals surface area contributed by atoms with E-state index in [-0.39, 0.29) is 48.9 Å². The van der Waals surface area contributed by atoms with Crippen LogP contribution in [0.4, 0.5) is 0 Å². The molecule has 0 aliphatic heterocycles. The summed E-state index contributed by atoms with van der Waals surface area (Å²) in [7, 11) is 0. The van der Waals surface area contributed by atoms with Crippen LogP contribution in [0.1, 0.15) is 13.8 Å². The Labute approximate surface area is 72.8 Å².